The predicted octanol–water partition coefficient (Wildman–Crippen LogP) is 1.77. The first-order valence-corrected chi connectivity index (χ1v) is 10.4. The third-order valence-corrected chi connectivity index (χ3v) is 5.75. The van der Waals surface area contributed by atoms with Crippen LogP contribution in [-0.4, -0.2) is 38.1 Å². The zero-order valence-corrected chi connectivity index (χ0v) is 18.8. The Bertz CT molecular complexity index is 1460. The van der Waals surface area contributed by atoms with Gasteiger partial charge in [0.2, 0.25) is 0 Å². The average Bonchev–Trinajstić information content (AvgIpc) is 2.80. The van der Waals surface area contributed by atoms with Crippen LogP contribution in [0.15, 0.2) is 70.0 Å². The molecule has 0 saturated heterocycles. The third kappa shape index (κ3) is 4.29. The molecule has 1 atom stereocenters. The summed E-state index contributed by atoms with van der Waals surface area (Å²) in [5.74, 6) is -0.752. The molecule has 4 rings (SSSR count). The fraction of sp³-hybridized carbons (Fsp3) is 0.208. The molecular formula is C24H22FN5O4. The van der Waals surface area contributed by atoms with E-state index < -0.39 is 29.1 Å². The van der Waals surface area contributed by atoms with E-state index in [4.69, 9.17) is 0 Å². The van der Waals surface area contributed by atoms with E-state index in [1.807, 2.05) is 6.92 Å². The Hall–Kier alpha value is -4.34. The van der Waals surface area contributed by atoms with E-state index in [0.717, 1.165) is 21.0 Å². The molecule has 0 fully saturated rings. The average molecular weight is 463 g/mol. The molecule has 2 aromatic carbocycles. The molecule has 10 heteroatoms. The van der Waals surface area contributed by atoms with Crippen LogP contribution in [0.25, 0.3) is 5.69 Å². The number of hydrogen-bond donors (Lipinski definition) is 1. The second-order valence-electron chi connectivity index (χ2n) is 8.08. The molecule has 2 heterocycles. The van der Waals surface area contributed by atoms with Gasteiger partial charge in [-0.05, 0) is 47.9 Å². The molecule has 34 heavy (non-hydrogen) atoms. The number of carbonyl (C=O) groups excluding carboxylic acids is 2. The van der Waals surface area contributed by atoms with Crippen LogP contribution in [0.3, 0.4) is 0 Å². The van der Waals surface area contributed by atoms with Crippen molar-refractivity contribution in [2.75, 3.05) is 7.05 Å². The topological polar surface area (TPSA) is 106 Å². The van der Waals surface area contributed by atoms with Gasteiger partial charge in [-0.1, -0.05) is 18.2 Å². The highest BCUT2D eigenvalue weighted by Gasteiger charge is 2.30. The summed E-state index contributed by atoms with van der Waals surface area (Å²) in [6.07, 6.45) is 2.47. The van der Waals surface area contributed by atoms with Crippen molar-refractivity contribution in [3.8, 4) is 5.69 Å². The smallest absolute Gasteiger partial charge is 0.327 e. The third-order valence-electron chi connectivity index (χ3n) is 5.75. The summed E-state index contributed by atoms with van der Waals surface area (Å²) in [7, 11) is 2.88. The highest BCUT2D eigenvalue weighted by Crippen LogP contribution is 2.28. The maximum absolute atomic E-state index is 13.8. The Morgan fingerprint density at radius 3 is 2.62 bits per heavy atom. The molecule has 0 saturated carbocycles. The molecule has 2 amide bonds. The lowest BCUT2D eigenvalue weighted by Gasteiger charge is -2.30. The van der Waals surface area contributed by atoms with Gasteiger partial charge in [0, 0.05) is 32.3 Å². The SMILES string of the molecule is Cc1ccc(-n2ncc(=O)n(C)c2=O)cc1CC(=O)C1=CN(C)C(=O)N[C@H]1c1cccc(F)c1. The number of Topliss-reactive ketones (excluding diaryl/α,β-unsaturated/α-hetero) is 1. The molecule has 1 N–H and O–H groups in total. The number of benzene rings is 2. The van der Waals surface area contributed by atoms with E-state index in [1.165, 1.54) is 43.4 Å². The van der Waals surface area contributed by atoms with Crippen LogP contribution in [0.4, 0.5) is 9.18 Å². The molecule has 0 unspecified atom stereocenters. The number of amides is 2. The number of carbonyl (C=O) groups is 2. The van der Waals surface area contributed by atoms with Crippen molar-refractivity contribution in [1.29, 1.82) is 0 Å². The Morgan fingerprint density at radius 1 is 1.12 bits per heavy atom. The number of aryl methyl sites for hydroxylation is 1. The van der Waals surface area contributed by atoms with Crippen LogP contribution in [-0.2, 0) is 18.3 Å². The van der Waals surface area contributed by atoms with Crippen molar-refractivity contribution in [1.82, 2.24) is 24.6 Å². The molecule has 1 aliphatic heterocycles. The van der Waals surface area contributed by atoms with Gasteiger partial charge in [-0.3, -0.25) is 14.2 Å². The molecule has 174 valence electrons. The fourth-order valence-corrected chi connectivity index (χ4v) is 3.74. The molecular weight excluding hydrogens is 441 g/mol. The normalized spacial score (nSPS) is 15.6. The largest absolute Gasteiger partial charge is 0.351 e. The number of rotatable bonds is 5. The van der Waals surface area contributed by atoms with E-state index in [9.17, 15) is 23.6 Å². The molecule has 0 aliphatic carbocycles. The summed E-state index contributed by atoms with van der Waals surface area (Å²) in [5, 5.41) is 6.65. The van der Waals surface area contributed by atoms with E-state index in [1.54, 1.807) is 24.3 Å². The van der Waals surface area contributed by atoms with E-state index in [0.29, 0.717) is 22.4 Å². The highest BCUT2D eigenvalue weighted by molar-refractivity contribution is 6.00. The number of nitrogens with zero attached hydrogens (tertiary/aromatic N) is 4. The van der Waals surface area contributed by atoms with Gasteiger partial charge in [0.15, 0.2) is 5.78 Å². The number of ketones is 1. The monoisotopic (exact) mass is 463 g/mol. The van der Waals surface area contributed by atoms with Crippen LogP contribution in [0.5, 0.6) is 0 Å². The van der Waals surface area contributed by atoms with Crippen molar-refractivity contribution >= 4 is 11.8 Å². The van der Waals surface area contributed by atoms with Gasteiger partial charge in [-0.2, -0.15) is 9.78 Å². The van der Waals surface area contributed by atoms with Crippen molar-refractivity contribution in [2.24, 2.45) is 7.05 Å². The summed E-state index contributed by atoms with van der Waals surface area (Å²) in [6.45, 7) is 1.83. The lowest BCUT2D eigenvalue weighted by molar-refractivity contribution is -0.115. The maximum atomic E-state index is 13.8. The summed E-state index contributed by atoms with van der Waals surface area (Å²) in [4.78, 5) is 51.0. The van der Waals surface area contributed by atoms with Crippen molar-refractivity contribution < 1.29 is 14.0 Å². The summed E-state index contributed by atoms with van der Waals surface area (Å²) < 4.78 is 15.9. The van der Waals surface area contributed by atoms with E-state index >= 15 is 0 Å². The number of halogens is 1. The van der Waals surface area contributed by atoms with Crippen LogP contribution in [0.1, 0.15) is 22.7 Å². The molecule has 0 radical (unpaired) electrons. The molecule has 3 aromatic rings. The lowest BCUT2D eigenvalue weighted by atomic mass is 9.91. The Morgan fingerprint density at radius 2 is 1.88 bits per heavy atom. The van der Waals surface area contributed by atoms with E-state index in [-0.39, 0.29) is 12.2 Å². The van der Waals surface area contributed by atoms with Gasteiger partial charge in [0.1, 0.15) is 12.0 Å². The van der Waals surface area contributed by atoms with Gasteiger partial charge in [-0.15, -0.1) is 0 Å². The van der Waals surface area contributed by atoms with Crippen molar-refractivity contribution in [3.05, 3.63) is 104 Å². The van der Waals surface area contributed by atoms with Gasteiger partial charge in [-0.25, -0.2) is 14.0 Å². The van der Waals surface area contributed by atoms with Gasteiger partial charge in [0.25, 0.3) is 5.56 Å². The molecule has 0 bridgehead atoms. The van der Waals surface area contributed by atoms with Crippen molar-refractivity contribution in [2.45, 2.75) is 19.4 Å². The predicted molar refractivity (Wildman–Crippen MR) is 122 cm³/mol. The van der Waals surface area contributed by atoms with Gasteiger partial charge < -0.3 is 10.2 Å². The van der Waals surface area contributed by atoms with Crippen LogP contribution >= 0.6 is 0 Å². The molecule has 9 nitrogen and oxygen atoms in total. The second kappa shape index (κ2) is 8.89. The Kier molecular flexibility index (Phi) is 5.97. The minimum atomic E-state index is -0.802. The Balaban J connectivity index is 1.70. The highest BCUT2D eigenvalue weighted by atomic mass is 19.1. The molecule has 1 aromatic heterocycles. The quantitative estimate of drug-likeness (QED) is 0.621. The zero-order valence-electron chi connectivity index (χ0n) is 18.8. The van der Waals surface area contributed by atoms with Gasteiger partial charge in [0.05, 0.1) is 11.7 Å². The Labute approximate surface area is 193 Å². The van der Waals surface area contributed by atoms with E-state index in [2.05, 4.69) is 10.4 Å². The number of urea groups is 1. The molecule has 1 aliphatic rings. The second-order valence-corrected chi connectivity index (χ2v) is 8.08. The lowest BCUT2D eigenvalue weighted by Crippen LogP contribution is -2.43. The number of aromatic nitrogens is 3. The van der Waals surface area contributed by atoms with Gasteiger partial charge >= 0.3 is 11.7 Å². The zero-order chi connectivity index (χ0) is 24.6. The summed E-state index contributed by atoms with van der Waals surface area (Å²) in [6, 6.07) is 9.60. The van der Waals surface area contributed by atoms with Crippen LogP contribution in [0, 0.1) is 12.7 Å². The minimum Gasteiger partial charge on any atom is -0.327 e. The fourth-order valence-electron chi connectivity index (χ4n) is 3.74. The molecule has 0 spiro atoms. The van der Waals surface area contributed by atoms with Crippen molar-refractivity contribution in [3.63, 3.8) is 0 Å². The van der Waals surface area contributed by atoms with Crippen LogP contribution < -0.4 is 16.6 Å². The first-order valence-electron chi connectivity index (χ1n) is 10.4. The first-order chi connectivity index (χ1) is 16.2. The summed E-state index contributed by atoms with van der Waals surface area (Å²) in [5.41, 5.74) is 1.47. The number of hydrogen-bond acceptors (Lipinski definition) is 5. The standard InChI is InChI=1S/C24H22FN5O4/c1-14-7-8-18(30-24(34)29(3)21(32)12-26-30)10-16(14)11-20(31)19-13-28(2)23(33)27-22(19)15-5-4-6-17(25)9-15/h4-10,12-13,22H,11H2,1-3H3,(H,27,33)/t22-/m0/s1. The first kappa shape index (κ1) is 22.8. The summed E-state index contributed by atoms with van der Waals surface area (Å²) >= 11 is 0. The van der Waals surface area contributed by atoms with Crippen LogP contribution in [0.2, 0.25) is 0 Å². The number of nitrogens with one attached hydrogen (secondary N) is 1. The maximum Gasteiger partial charge on any atom is 0.351 e. The minimum absolute atomic E-state index is 0.0262.